The number of hydrogen-bond donors (Lipinski definition) is 4. The van der Waals surface area contributed by atoms with E-state index >= 15 is 0 Å². The molecule has 3 rings (SSSR count). The van der Waals surface area contributed by atoms with E-state index in [1.807, 2.05) is 19.9 Å². The highest BCUT2D eigenvalue weighted by Crippen LogP contribution is 2.26. The minimum absolute atomic E-state index is 0.0299. The van der Waals surface area contributed by atoms with Gasteiger partial charge in [0, 0.05) is 29.8 Å². The van der Waals surface area contributed by atoms with Crippen LogP contribution in [0.5, 0.6) is 5.75 Å². The molecule has 0 spiro atoms. The molecule has 2 heterocycles. The lowest BCUT2D eigenvalue weighted by Gasteiger charge is -2.25. The number of rotatable bonds is 16. The average molecular weight is 603 g/mol. The van der Waals surface area contributed by atoms with Gasteiger partial charge < -0.3 is 39.9 Å². The first-order valence-corrected chi connectivity index (χ1v) is 14.6. The van der Waals surface area contributed by atoms with Gasteiger partial charge in [-0.1, -0.05) is 26.8 Å². The Bertz CT molecular complexity index is 1290. The van der Waals surface area contributed by atoms with Gasteiger partial charge in [-0.2, -0.15) is 0 Å². The summed E-state index contributed by atoms with van der Waals surface area (Å²) in [6.07, 6.45) is -0.825. The van der Waals surface area contributed by atoms with E-state index in [1.54, 1.807) is 32.0 Å². The fourth-order valence-electron chi connectivity index (χ4n) is 4.83. The van der Waals surface area contributed by atoms with Crippen molar-refractivity contribution in [1.29, 1.82) is 0 Å². The van der Waals surface area contributed by atoms with Crippen LogP contribution < -0.4 is 20.7 Å². The molecule has 1 aromatic carbocycles. The maximum Gasteiger partial charge on any atom is 0.510 e. The first-order chi connectivity index (χ1) is 20.6. The summed E-state index contributed by atoms with van der Waals surface area (Å²) in [7, 11) is 1.54. The zero-order valence-electron chi connectivity index (χ0n) is 25.3. The SMILES string of the molecule is CCOC(=O)O[C@H](CC)OCC(=O)[C@H](C[C@@H]1CCNC1=O)NC(=O)[C@H](CC(C)C)NC(=O)c1cc2c(OC)cccc2[nH]1. The maximum absolute atomic E-state index is 13.6. The van der Waals surface area contributed by atoms with Crippen molar-refractivity contribution in [2.24, 2.45) is 11.8 Å². The predicted octanol–water partition coefficient (Wildman–Crippen LogP) is 2.83. The summed E-state index contributed by atoms with van der Waals surface area (Å²) in [4.78, 5) is 67.2. The standard InChI is InChI=1S/C30H42N4O9/c1-6-26(43-30(39)41-7-2)42-16-24(35)21(14-18-11-12-31-27(18)36)33-28(37)22(13-17(3)4)34-29(38)23-15-19-20(32-23)9-8-10-25(19)40-5/h8-10,15,17-18,21-22,26,32H,6-7,11-14,16H2,1-5H3,(H,31,36)(H,33,37)(H,34,38)/t18-,21-,22-,26+/m0/s1. The van der Waals surface area contributed by atoms with E-state index in [-0.39, 0.29) is 37.0 Å². The molecular weight excluding hydrogens is 560 g/mol. The van der Waals surface area contributed by atoms with Gasteiger partial charge in [-0.25, -0.2) is 4.79 Å². The molecule has 13 nitrogen and oxygen atoms in total. The zero-order valence-corrected chi connectivity index (χ0v) is 25.3. The van der Waals surface area contributed by atoms with Crippen molar-refractivity contribution in [3.05, 3.63) is 30.0 Å². The second kappa shape index (κ2) is 15.9. The van der Waals surface area contributed by atoms with E-state index in [2.05, 4.69) is 20.9 Å². The number of H-pyrrole nitrogens is 1. The van der Waals surface area contributed by atoms with Gasteiger partial charge in [-0.3, -0.25) is 19.2 Å². The van der Waals surface area contributed by atoms with Gasteiger partial charge >= 0.3 is 6.16 Å². The molecule has 0 saturated carbocycles. The van der Waals surface area contributed by atoms with Crippen LogP contribution in [0.2, 0.25) is 0 Å². The van der Waals surface area contributed by atoms with E-state index in [0.29, 0.717) is 30.7 Å². The third-order valence-corrected chi connectivity index (χ3v) is 7.04. The van der Waals surface area contributed by atoms with Crippen molar-refractivity contribution >= 4 is 40.6 Å². The number of fused-ring (bicyclic) bond motifs is 1. The predicted molar refractivity (Wildman–Crippen MR) is 156 cm³/mol. The number of benzene rings is 1. The number of amides is 3. The van der Waals surface area contributed by atoms with Gasteiger partial charge in [0.25, 0.3) is 5.91 Å². The number of nitrogens with one attached hydrogen (secondary N) is 4. The number of ether oxygens (including phenoxy) is 4. The molecule has 0 unspecified atom stereocenters. The number of methoxy groups -OCH3 is 1. The number of hydrogen-bond acceptors (Lipinski definition) is 9. The number of aromatic nitrogens is 1. The van der Waals surface area contributed by atoms with Crippen LogP contribution in [0.4, 0.5) is 4.79 Å². The highest BCUT2D eigenvalue weighted by atomic mass is 16.8. The van der Waals surface area contributed by atoms with Gasteiger partial charge in [0.15, 0.2) is 5.78 Å². The fraction of sp³-hybridized carbons (Fsp3) is 0.567. The van der Waals surface area contributed by atoms with Crippen LogP contribution in [-0.2, 0) is 28.6 Å². The smallest absolute Gasteiger partial charge is 0.496 e. The van der Waals surface area contributed by atoms with Crippen molar-refractivity contribution in [2.45, 2.75) is 71.8 Å². The van der Waals surface area contributed by atoms with Gasteiger partial charge in [0.1, 0.15) is 24.1 Å². The molecule has 1 saturated heterocycles. The molecule has 0 aliphatic carbocycles. The lowest BCUT2D eigenvalue weighted by Crippen LogP contribution is -2.53. The second-order valence-electron chi connectivity index (χ2n) is 10.7. The highest BCUT2D eigenvalue weighted by Gasteiger charge is 2.34. The number of Topliss-reactive ketones (excluding diaryl/α,β-unsaturated/α-hetero) is 1. The first-order valence-electron chi connectivity index (χ1n) is 14.6. The van der Waals surface area contributed by atoms with Crippen LogP contribution >= 0.6 is 0 Å². The molecule has 1 aliphatic heterocycles. The monoisotopic (exact) mass is 602 g/mol. The molecule has 1 aromatic heterocycles. The number of carbonyl (C=O) groups excluding carboxylic acids is 5. The summed E-state index contributed by atoms with van der Waals surface area (Å²) in [5, 5.41) is 8.99. The second-order valence-corrected chi connectivity index (χ2v) is 10.7. The Morgan fingerprint density at radius 1 is 1.09 bits per heavy atom. The Hall–Kier alpha value is -4.13. The van der Waals surface area contributed by atoms with Crippen LogP contribution in [0.25, 0.3) is 10.9 Å². The molecule has 3 amide bonds. The molecule has 0 radical (unpaired) electrons. The Morgan fingerprint density at radius 3 is 2.49 bits per heavy atom. The van der Waals surface area contributed by atoms with Crippen molar-refractivity contribution in [3.63, 3.8) is 0 Å². The third-order valence-electron chi connectivity index (χ3n) is 7.04. The molecule has 4 atom stereocenters. The summed E-state index contributed by atoms with van der Waals surface area (Å²) in [5.74, 6) is -1.62. The van der Waals surface area contributed by atoms with Crippen molar-refractivity contribution in [3.8, 4) is 5.75 Å². The largest absolute Gasteiger partial charge is 0.510 e. The molecule has 1 aliphatic rings. The average Bonchev–Trinajstić information content (AvgIpc) is 3.60. The molecule has 2 aromatic rings. The lowest BCUT2D eigenvalue weighted by atomic mass is 9.95. The molecule has 0 bridgehead atoms. The third kappa shape index (κ3) is 9.43. The van der Waals surface area contributed by atoms with Gasteiger partial charge in [-0.05, 0) is 50.3 Å². The number of aromatic amines is 1. The molecule has 13 heteroatoms. The summed E-state index contributed by atoms with van der Waals surface area (Å²) in [5.41, 5.74) is 0.948. The lowest BCUT2D eigenvalue weighted by molar-refractivity contribution is -0.148. The van der Waals surface area contributed by atoms with Crippen LogP contribution in [0.3, 0.4) is 0 Å². The highest BCUT2D eigenvalue weighted by molar-refractivity contribution is 6.02. The van der Waals surface area contributed by atoms with Gasteiger partial charge in [0.05, 0.1) is 19.8 Å². The molecule has 236 valence electrons. The summed E-state index contributed by atoms with van der Waals surface area (Å²) in [6.45, 7) is 7.28. The van der Waals surface area contributed by atoms with E-state index in [9.17, 15) is 24.0 Å². The van der Waals surface area contributed by atoms with E-state index in [4.69, 9.17) is 18.9 Å². The normalized spacial score (nSPS) is 16.7. The quantitative estimate of drug-likeness (QED) is 0.166. The molecular formula is C30H42N4O9. The molecule has 1 fully saturated rings. The van der Waals surface area contributed by atoms with Crippen LogP contribution in [0.15, 0.2) is 24.3 Å². The molecule has 43 heavy (non-hydrogen) atoms. The zero-order chi connectivity index (χ0) is 31.5. The Labute approximate surface area is 250 Å². The topological polar surface area (TPSA) is 174 Å². The number of ketones is 1. The van der Waals surface area contributed by atoms with Crippen LogP contribution in [0, 0.1) is 11.8 Å². The minimum Gasteiger partial charge on any atom is -0.496 e. The van der Waals surface area contributed by atoms with Crippen molar-refractivity contribution in [2.75, 3.05) is 26.9 Å². The Morgan fingerprint density at radius 2 is 1.86 bits per heavy atom. The summed E-state index contributed by atoms with van der Waals surface area (Å²) < 4.78 is 20.7. The van der Waals surface area contributed by atoms with Crippen molar-refractivity contribution in [1.82, 2.24) is 20.9 Å². The van der Waals surface area contributed by atoms with Gasteiger partial charge in [-0.15, -0.1) is 0 Å². The van der Waals surface area contributed by atoms with E-state index < -0.39 is 54.7 Å². The molecule has 4 N–H and O–H groups in total. The van der Waals surface area contributed by atoms with Crippen LogP contribution in [0.1, 0.15) is 63.9 Å². The first kappa shape index (κ1) is 33.4. The Kier molecular flexibility index (Phi) is 12.4. The summed E-state index contributed by atoms with van der Waals surface area (Å²) in [6, 6.07) is 5.00. The minimum atomic E-state index is -1.08. The summed E-state index contributed by atoms with van der Waals surface area (Å²) >= 11 is 0. The van der Waals surface area contributed by atoms with Crippen LogP contribution in [-0.4, -0.2) is 79.9 Å². The maximum atomic E-state index is 13.6. The van der Waals surface area contributed by atoms with E-state index in [0.717, 1.165) is 5.39 Å². The fourth-order valence-corrected chi connectivity index (χ4v) is 4.83. The van der Waals surface area contributed by atoms with Crippen molar-refractivity contribution < 1.29 is 42.9 Å². The Balaban J connectivity index is 1.74. The van der Waals surface area contributed by atoms with Gasteiger partial charge in [0.2, 0.25) is 18.1 Å². The number of carbonyl (C=O) groups is 5. The van der Waals surface area contributed by atoms with E-state index in [1.165, 1.54) is 7.11 Å².